The third-order valence-electron chi connectivity index (χ3n) is 2.11. The fraction of sp³-hybridized carbons (Fsp3) is 0.300. The van der Waals surface area contributed by atoms with Crippen molar-refractivity contribution in [2.45, 2.75) is 18.0 Å². The quantitative estimate of drug-likeness (QED) is 0.844. The van der Waals surface area contributed by atoms with Crippen LogP contribution in [0, 0.1) is 0 Å². The number of hydrogen-bond donors (Lipinski definition) is 1. The monoisotopic (exact) mass is 280 g/mol. The number of nitrogens with two attached hydrogens (primary N) is 1. The molecule has 0 fully saturated rings. The largest absolute Gasteiger partial charge is 0.474 e. The van der Waals surface area contributed by atoms with Gasteiger partial charge in [0.2, 0.25) is 0 Å². The van der Waals surface area contributed by atoms with Crippen molar-refractivity contribution in [2.75, 3.05) is 11.5 Å². The molecular weight excluding hydrogens is 269 g/mol. The van der Waals surface area contributed by atoms with Crippen molar-refractivity contribution < 1.29 is 22.2 Å². The SMILES string of the molecule is CCS(=O)(=NC(=O)C(F)(F)F)c1ccc(N)cc1. The maximum Gasteiger partial charge on any atom is 0.474 e. The minimum Gasteiger partial charge on any atom is -0.399 e. The number of carbonyl (C=O) groups is 1. The number of rotatable bonds is 2. The zero-order valence-corrected chi connectivity index (χ0v) is 10.2. The lowest BCUT2D eigenvalue weighted by molar-refractivity contribution is -0.169. The third-order valence-corrected chi connectivity index (χ3v) is 4.36. The molecule has 18 heavy (non-hydrogen) atoms. The number of nitrogen functional groups attached to an aromatic ring is 1. The van der Waals surface area contributed by atoms with E-state index in [1.807, 2.05) is 0 Å². The summed E-state index contributed by atoms with van der Waals surface area (Å²) in [4.78, 5) is 10.8. The number of anilines is 1. The Kier molecular flexibility index (Phi) is 4.00. The molecule has 0 aliphatic carbocycles. The molecule has 100 valence electrons. The molecule has 1 amide bonds. The molecule has 1 unspecified atom stereocenters. The van der Waals surface area contributed by atoms with Crippen LogP contribution in [-0.2, 0) is 14.5 Å². The number of carbonyl (C=O) groups excluding carboxylic acids is 1. The third kappa shape index (κ3) is 3.22. The second kappa shape index (κ2) is 4.97. The van der Waals surface area contributed by atoms with Crippen LogP contribution < -0.4 is 5.73 Å². The topological polar surface area (TPSA) is 72.5 Å². The van der Waals surface area contributed by atoms with Crippen LogP contribution in [-0.4, -0.2) is 22.0 Å². The fourth-order valence-corrected chi connectivity index (χ4v) is 2.65. The molecule has 0 spiro atoms. The molecule has 1 atom stereocenters. The summed E-state index contributed by atoms with van der Waals surface area (Å²) in [5.41, 5.74) is 5.79. The molecule has 0 aliphatic rings. The van der Waals surface area contributed by atoms with Crippen LogP contribution in [0.5, 0.6) is 0 Å². The number of amides is 1. The van der Waals surface area contributed by atoms with Crippen molar-refractivity contribution in [2.24, 2.45) is 4.36 Å². The van der Waals surface area contributed by atoms with Gasteiger partial charge in [0, 0.05) is 16.3 Å². The molecule has 0 radical (unpaired) electrons. The van der Waals surface area contributed by atoms with Gasteiger partial charge in [-0.15, -0.1) is 4.36 Å². The molecule has 1 aromatic carbocycles. The summed E-state index contributed by atoms with van der Waals surface area (Å²) in [6, 6.07) is 5.37. The molecule has 4 nitrogen and oxygen atoms in total. The summed E-state index contributed by atoms with van der Waals surface area (Å²) in [6.07, 6.45) is -5.12. The first-order chi connectivity index (χ1) is 8.19. The van der Waals surface area contributed by atoms with E-state index in [1.54, 1.807) is 0 Å². The lowest BCUT2D eigenvalue weighted by Gasteiger charge is -2.08. The summed E-state index contributed by atoms with van der Waals surface area (Å²) in [7, 11) is -3.40. The molecule has 0 saturated heterocycles. The van der Waals surface area contributed by atoms with E-state index in [4.69, 9.17) is 5.73 Å². The van der Waals surface area contributed by atoms with Gasteiger partial charge in [-0.25, -0.2) is 4.21 Å². The van der Waals surface area contributed by atoms with E-state index in [1.165, 1.54) is 31.2 Å². The molecule has 0 heterocycles. The summed E-state index contributed by atoms with van der Waals surface area (Å²) < 4.78 is 51.3. The molecule has 8 heteroatoms. The Balaban J connectivity index is 3.30. The first kappa shape index (κ1) is 14.5. The lowest BCUT2D eigenvalue weighted by atomic mass is 10.3. The Labute approximate surface area is 102 Å². The van der Waals surface area contributed by atoms with Crippen LogP contribution in [0.15, 0.2) is 33.5 Å². The lowest BCUT2D eigenvalue weighted by Crippen LogP contribution is -2.22. The highest BCUT2D eigenvalue weighted by atomic mass is 32.2. The zero-order chi connectivity index (χ0) is 14.0. The first-order valence-corrected chi connectivity index (χ1v) is 6.59. The van der Waals surface area contributed by atoms with Gasteiger partial charge in [-0.2, -0.15) is 13.2 Å². The number of alkyl halides is 3. The molecule has 2 N–H and O–H groups in total. The number of halogens is 3. The van der Waals surface area contributed by atoms with Crippen LogP contribution in [0.3, 0.4) is 0 Å². The van der Waals surface area contributed by atoms with E-state index in [2.05, 4.69) is 4.36 Å². The van der Waals surface area contributed by atoms with Gasteiger partial charge in [-0.1, -0.05) is 6.92 Å². The molecular formula is C10H11F3N2O2S. The minimum atomic E-state index is -5.12. The molecule has 0 aromatic heterocycles. The van der Waals surface area contributed by atoms with Crippen molar-refractivity contribution >= 4 is 21.3 Å². The van der Waals surface area contributed by atoms with Crippen molar-refractivity contribution in [1.82, 2.24) is 0 Å². The number of benzene rings is 1. The normalized spacial score (nSPS) is 14.9. The van der Waals surface area contributed by atoms with Crippen LogP contribution in [0.1, 0.15) is 6.92 Å². The van der Waals surface area contributed by atoms with E-state index in [0.717, 1.165) is 0 Å². The van der Waals surface area contributed by atoms with E-state index in [0.29, 0.717) is 5.69 Å². The van der Waals surface area contributed by atoms with Crippen molar-refractivity contribution in [1.29, 1.82) is 0 Å². The van der Waals surface area contributed by atoms with Gasteiger partial charge in [-0.3, -0.25) is 4.79 Å². The maximum atomic E-state index is 12.2. The molecule has 1 rings (SSSR count). The smallest absolute Gasteiger partial charge is 0.399 e. The van der Waals surface area contributed by atoms with E-state index in [-0.39, 0.29) is 10.6 Å². The highest BCUT2D eigenvalue weighted by Crippen LogP contribution is 2.21. The minimum absolute atomic E-state index is 0.0526. The molecule has 0 bridgehead atoms. The van der Waals surface area contributed by atoms with Gasteiger partial charge in [0.15, 0.2) is 0 Å². The Morgan fingerprint density at radius 2 is 1.83 bits per heavy atom. The van der Waals surface area contributed by atoms with Gasteiger partial charge < -0.3 is 5.73 Å². The molecule has 0 saturated carbocycles. The van der Waals surface area contributed by atoms with Crippen LogP contribution in [0.2, 0.25) is 0 Å². The van der Waals surface area contributed by atoms with Crippen LogP contribution >= 0.6 is 0 Å². The van der Waals surface area contributed by atoms with Crippen molar-refractivity contribution in [3.63, 3.8) is 0 Å². The second-order valence-electron chi connectivity index (χ2n) is 3.39. The average Bonchev–Trinajstić information content (AvgIpc) is 2.28. The van der Waals surface area contributed by atoms with Gasteiger partial charge in [0.05, 0.1) is 9.73 Å². The summed E-state index contributed by atoms with van der Waals surface area (Å²) in [5, 5.41) is 0. The molecule has 1 aromatic rings. The summed E-state index contributed by atoms with van der Waals surface area (Å²) in [5.74, 6) is -2.54. The highest BCUT2D eigenvalue weighted by Gasteiger charge is 2.39. The van der Waals surface area contributed by atoms with Crippen molar-refractivity contribution in [3.8, 4) is 0 Å². The Morgan fingerprint density at radius 1 is 1.33 bits per heavy atom. The van der Waals surface area contributed by atoms with E-state index >= 15 is 0 Å². The number of nitrogens with zero attached hydrogens (tertiary/aromatic N) is 1. The first-order valence-electron chi connectivity index (χ1n) is 4.90. The fourth-order valence-electron chi connectivity index (χ4n) is 1.15. The summed E-state index contributed by atoms with van der Waals surface area (Å²) in [6.45, 7) is 1.39. The average molecular weight is 280 g/mol. The van der Waals surface area contributed by atoms with Crippen LogP contribution in [0.4, 0.5) is 18.9 Å². The Morgan fingerprint density at radius 3 is 2.22 bits per heavy atom. The predicted octanol–water partition coefficient (Wildman–Crippen LogP) is 2.20. The second-order valence-corrected chi connectivity index (χ2v) is 5.90. The van der Waals surface area contributed by atoms with Gasteiger partial charge in [0.25, 0.3) is 0 Å². The molecule has 0 aliphatic heterocycles. The van der Waals surface area contributed by atoms with Gasteiger partial charge >= 0.3 is 12.1 Å². The van der Waals surface area contributed by atoms with Gasteiger partial charge in [0.1, 0.15) is 0 Å². The van der Waals surface area contributed by atoms with Crippen molar-refractivity contribution in [3.05, 3.63) is 24.3 Å². The maximum absolute atomic E-state index is 12.2. The number of hydrogen-bond acceptors (Lipinski definition) is 3. The van der Waals surface area contributed by atoms with E-state index in [9.17, 15) is 22.2 Å². The Hall–Kier alpha value is -1.57. The van der Waals surface area contributed by atoms with Crippen LogP contribution in [0.25, 0.3) is 0 Å². The standard InChI is InChI=1S/C10H11F3N2O2S/c1-2-18(17,15-9(16)10(11,12)13)8-5-3-7(14)4-6-8/h3-6H,2,14H2,1H3. The highest BCUT2D eigenvalue weighted by molar-refractivity contribution is 7.93. The van der Waals surface area contributed by atoms with Gasteiger partial charge in [-0.05, 0) is 24.3 Å². The predicted molar refractivity (Wildman–Crippen MR) is 61.3 cm³/mol. The zero-order valence-electron chi connectivity index (χ0n) is 9.40. The van der Waals surface area contributed by atoms with E-state index < -0.39 is 21.8 Å². The Bertz CT molecular complexity index is 557. The summed E-state index contributed by atoms with van der Waals surface area (Å²) >= 11 is 0.